The van der Waals surface area contributed by atoms with Crippen LogP contribution in [0.15, 0.2) is 24.3 Å². The highest BCUT2D eigenvalue weighted by Crippen LogP contribution is 2.22. The van der Waals surface area contributed by atoms with Gasteiger partial charge in [0.25, 0.3) is 0 Å². The van der Waals surface area contributed by atoms with E-state index in [1.54, 1.807) is 0 Å². The van der Waals surface area contributed by atoms with Crippen molar-refractivity contribution >= 4 is 5.69 Å². The number of hydrogen-bond acceptors (Lipinski definition) is 2. The van der Waals surface area contributed by atoms with E-state index in [0.29, 0.717) is 5.41 Å². The van der Waals surface area contributed by atoms with E-state index >= 15 is 0 Å². The molecular weight excluding hydrogens is 198 g/mol. The monoisotopic (exact) mass is 221 g/mol. The minimum absolute atomic E-state index is 0.117. The van der Waals surface area contributed by atoms with Gasteiger partial charge in [-0.15, -0.1) is 0 Å². The second-order valence-corrected chi connectivity index (χ2v) is 5.49. The minimum atomic E-state index is 0.117. The van der Waals surface area contributed by atoms with E-state index < -0.39 is 0 Å². The molecule has 0 aromatic heterocycles. The fraction of sp³-hybridized carbons (Fsp3) is 0.571. The normalized spacial score (nSPS) is 13.8. The molecule has 0 radical (unpaired) electrons. The number of nitrogen functional groups attached to an aromatic ring is 1. The average Bonchev–Trinajstić information content (AvgIpc) is 2.15. The first kappa shape index (κ1) is 13.0. The van der Waals surface area contributed by atoms with E-state index in [9.17, 15) is 0 Å². The second kappa shape index (κ2) is 5.35. The molecule has 0 bridgehead atoms. The summed E-state index contributed by atoms with van der Waals surface area (Å²) in [5, 5.41) is 0. The van der Waals surface area contributed by atoms with E-state index in [1.165, 1.54) is 0 Å². The Kier molecular flexibility index (Phi) is 4.36. The molecule has 1 atom stereocenters. The Morgan fingerprint density at radius 1 is 1.31 bits per heavy atom. The molecule has 0 heterocycles. The molecule has 90 valence electrons. The van der Waals surface area contributed by atoms with Crippen molar-refractivity contribution in [3.8, 4) is 0 Å². The summed E-state index contributed by atoms with van der Waals surface area (Å²) < 4.78 is 5.80. The van der Waals surface area contributed by atoms with Gasteiger partial charge in [0.15, 0.2) is 0 Å². The molecule has 0 spiro atoms. The van der Waals surface area contributed by atoms with Gasteiger partial charge in [-0.25, -0.2) is 0 Å². The molecule has 0 aliphatic rings. The molecule has 2 heteroatoms. The van der Waals surface area contributed by atoms with Gasteiger partial charge in [-0.2, -0.15) is 0 Å². The van der Waals surface area contributed by atoms with Crippen LogP contribution in [0.1, 0.15) is 45.8 Å². The fourth-order valence-corrected chi connectivity index (χ4v) is 1.45. The quantitative estimate of drug-likeness (QED) is 0.785. The van der Waals surface area contributed by atoms with Gasteiger partial charge in [-0.3, -0.25) is 0 Å². The van der Waals surface area contributed by atoms with Crippen LogP contribution in [0.5, 0.6) is 0 Å². The standard InChI is InChI=1S/C14H23NO/c1-11(16-9-8-14(2,3)4)12-6-5-7-13(15)10-12/h5-7,10-11H,8-9,15H2,1-4H3. The third kappa shape index (κ3) is 4.67. The summed E-state index contributed by atoms with van der Waals surface area (Å²) in [6.45, 7) is 9.53. The van der Waals surface area contributed by atoms with Crippen molar-refractivity contribution in [3.63, 3.8) is 0 Å². The van der Waals surface area contributed by atoms with Gasteiger partial charge in [0.1, 0.15) is 0 Å². The van der Waals surface area contributed by atoms with E-state index in [2.05, 4.69) is 33.8 Å². The molecule has 1 aromatic carbocycles. The van der Waals surface area contributed by atoms with Crippen LogP contribution in [-0.2, 0) is 4.74 Å². The Hall–Kier alpha value is -1.02. The van der Waals surface area contributed by atoms with E-state index in [4.69, 9.17) is 10.5 Å². The second-order valence-electron chi connectivity index (χ2n) is 5.49. The van der Waals surface area contributed by atoms with E-state index in [1.807, 2.05) is 18.2 Å². The number of ether oxygens (including phenoxy) is 1. The first-order chi connectivity index (χ1) is 7.38. The van der Waals surface area contributed by atoms with Crippen LogP contribution in [0.3, 0.4) is 0 Å². The zero-order chi connectivity index (χ0) is 12.2. The maximum absolute atomic E-state index is 5.80. The summed E-state index contributed by atoms with van der Waals surface area (Å²) in [7, 11) is 0. The number of anilines is 1. The lowest BCUT2D eigenvalue weighted by Gasteiger charge is -2.20. The molecule has 0 saturated heterocycles. The van der Waals surface area contributed by atoms with Gasteiger partial charge in [0.05, 0.1) is 6.10 Å². The summed E-state index contributed by atoms with van der Waals surface area (Å²) in [6.07, 6.45) is 1.19. The van der Waals surface area contributed by atoms with Crippen LogP contribution in [0.2, 0.25) is 0 Å². The zero-order valence-electron chi connectivity index (χ0n) is 10.8. The number of rotatable bonds is 4. The number of nitrogens with two attached hydrogens (primary N) is 1. The van der Waals surface area contributed by atoms with Gasteiger partial charge >= 0.3 is 0 Å². The van der Waals surface area contributed by atoms with Crippen molar-refractivity contribution in [2.24, 2.45) is 5.41 Å². The van der Waals surface area contributed by atoms with Crippen molar-refractivity contribution in [1.29, 1.82) is 0 Å². The number of hydrogen-bond donors (Lipinski definition) is 1. The smallest absolute Gasteiger partial charge is 0.0797 e. The van der Waals surface area contributed by atoms with Gasteiger partial charge < -0.3 is 10.5 Å². The van der Waals surface area contributed by atoms with Crippen LogP contribution < -0.4 is 5.73 Å². The van der Waals surface area contributed by atoms with Crippen molar-refractivity contribution < 1.29 is 4.74 Å². The van der Waals surface area contributed by atoms with Crippen molar-refractivity contribution in [1.82, 2.24) is 0 Å². The van der Waals surface area contributed by atoms with Crippen LogP contribution >= 0.6 is 0 Å². The van der Waals surface area contributed by atoms with Gasteiger partial charge in [-0.1, -0.05) is 32.9 Å². The lowest BCUT2D eigenvalue weighted by atomic mass is 9.93. The highest BCUT2D eigenvalue weighted by Gasteiger charge is 2.11. The molecule has 1 rings (SSSR count). The van der Waals surface area contributed by atoms with Gasteiger partial charge in [0, 0.05) is 12.3 Å². The molecular formula is C14H23NO. The molecule has 1 aromatic rings. The molecule has 0 aliphatic heterocycles. The zero-order valence-corrected chi connectivity index (χ0v) is 10.8. The molecule has 0 saturated carbocycles. The third-order valence-corrected chi connectivity index (χ3v) is 2.60. The van der Waals surface area contributed by atoms with Crippen LogP contribution in [-0.4, -0.2) is 6.61 Å². The minimum Gasteiger partial charge on any atom is -0.399 e. The lowest BCUT2D eigenvalue weighted by Crippen LogP contribution is -2.11. The summed E-state index contributed by atoms with van der Waals surface area (Å²) in [6, 6.07) is 7.89. The fourth-order valence-electron chi connectivity index (χ4n) is 1.45. The molecule has 0 aliphatic carbocycles. The van der Waals surface area contributed by atoms with Crippen molar-refractivity contribution in [2.75, 3.05) is 12.3 Å². The van der Waals surface area contributed by atoms with Crippen LogP contribution in [0, 0.1) is 5.41 Å². The van der Waals surface area contributed by atoms with E-state index in [-0.39, 0.29) is 6.10 Å². The third-order valence-electron chi connectivity index (χ3n) is 2.60. The molecule has 0 fully saturated rings. The molecule has 16 heavy (non-hydrogen) atoms. The number of benzene rings is 1. The van der Waals surface area contributed by atoms with Crippen LogP contribution in [0.4, 0.5) is 5.69 Å². The highest BCUT2D eigenvalue weighted by atomic mass is 16.5. The van der Waals surface area contributed by atoms with Gasteiger partial charge in [-0.05, 0) is 36.5 Å². The van der Waals surface area contributed by atoms with Crippen molar-refractivity contribution in [2.45, 2.75) is 40.2 Å². The topological polar surface area (TPSA) is 35.2 Å². The predicted molar refractivity (Wildman–Crippen MR) is 69.3 cm³/mol. The summed E-state index contributed by atoms with van der Waals surface area (Å²) >= 11 is 0. The summed E-state index contributed by atoms with van der Waals surface area (Å²) in [5.41, 5.74) is 8.01. The average molecular weight is 221 g/mol. The highest BCUT2D eigenvalue weighted by molar-refractivity contribution is 5.41. The molecule has 0 amide bonds. The Labute approximate surface area is 98.8 Å². The van der Waals surface area contributed by atoms with Gasteiger partial charge in [0.2, 0.25) is 0 Å². The first-order valence-corrected chi connectivity index (χ1v) is 5.85. The summed E-state index contributed by atoms with van der Waals surface area (Å²) in [4.78, 5) is 0. The largest absolute Gasteiger partial charge is 0.399 e. The molecule has 2 nitrogen and oxygen atoms in total. The molecule has 2 N–H and O–H groups in total. The SMILES string of the molecule is CC(OCCC(C)(C)C)c1cccc(N)c1. The maximum Gasteiger partial charge on any atom is 0.0797 e. The molecule has 1 unspecified atom stereocenters. The Balaban J connectivity index is 2.44. The first-order valence-electron chi connectivity index (χ1n) is 5.85. The summed E-state index contributed by atoms with van der Waals surface area (Å²) in [5.74, 6) is 0. The predicted octanol–water partition coefficient (Wildman–Crippen LogP) is 3.78. The lowest BCUT2D eigenvalue weighted by molar-refractivity contribution is 0.0485. The van der Waals surface area contributed by atoms with Crippen LogP contribution in [0.25, 0.3) is 0 Å². The Morgan fingerprint density at radius 3 is 2.56 bits per heavy atom. The Bertz CT molecular complexity index is 328. The maximum atomic E-state index is 5.80. The van der Waals surface area contributed by atoms with E-state index in [0.717, 1.165) is 24.3 Å². The Morgan fingerprint density at radius 2 is 2.00 bits per heavy atom. The van der Waals surface area contributed by atoms with Crippen molar-refractivity contribution in [3.05, 3.63) is 29.8 Å².